The average Bonchev–Trinajstić information content (AvgIpc) is 3.30. The van der Waals surface area contributed by atoms with Crippen molar-refractivity contribution in [3.05, 3.63) is 230 Å². The van der Waals surface area contributed by atoms with Crippen molar-refractivity contribution in [1.82, 2.24) is 0 Å². The first-order chi connectivity index (χ1) is 29.0. The molecule has 1 heterocycles. The largest absolute Gasteiger partial charge is 0.310 e. The lowest BCUT2D eigenvalue weighted by atomic mass is 9.72. The van der Waals surface area contributed by atoms with Crippen LogP contribution in [-0.4, -0.2) is 0 Å². The van der Waals surface area contributed by atoms with Crippen LogP contribution in [0.15, 0.2) is 218 Å². The Bertz CT molecular complexity index is 3170. The summed E-state index contributed by atoms with van der Waals surface area (Å²) in [5, 5.41) is 7.74. The molecule has 2 heteroatoms. The summed E-state index contributed by atoms with van der Waals surface area (Å²) in [7, 11) is 0. The minimum Gasteiger partial charge on any atom is -0.310 e. The highest BCUT2D eigenvalue weighted by Crippen LogP contribution is 2.54. The molecule has 0 saturated carbocycles. The Kier molecular flexibility index (Phi) is 8.20. The fourth-order valence-corrected chi connectivity index (χ4v) is 9.45. The van der Waals surface area contributed by atoms with E-state index in [0.717, 1.165) is 22.7 Å². The number of nitrogens with zero attached hydrogens (tertiary/aromatic N) is 2. The van der Waals surface area contributed by atoms with E-state index in [0.29, 0.717) is 0 Å². The van der Waals surface area contributed by atoms with Gasteiger partial charge in [0.1, 0.15) is 0 Å². The summed E-state index contributed by atoms with van der Waals surface area (Å²) in [6, 6.07) is 79.8. The molecule has 0 spiro atoms. The topological polar surface area (TPSA) is 6.48 Å². The molecular weight excluding hydrogens is 713 g/mol. The van der Waals surface area contributed by atoms with Crippen LogP contribution in [0.25, 0.3) is 54.6 Å². The quantitative estimate of drug-likeness (QED) is 0.156. The Hall–Kier alpha value is -7.42. The number of benzene rings is 10. The van der Waals surface area contributed by atoms with Gasteiger partial charge in [-0.3, -0.25) is 0 Å². The predicted molar refractivity (Wildman–Crippen MR) is 251 cm³/mol. The van der Waals surface area contributed by atoms with Crippen LogP contribution in [0.1, 0.15) is 25.0 Å². The molecule has 1 aliphatic rings. The Labute approximate surface area is 345 Å². The second-order valence-electron chi connectivity index (χ2n) is 16.2. The van der Waals surface area contributed by atoms with Crippen LogP contribution in [0, 0.1) is 0 Å². The Morgan fingerprint density at radius 3 is 1.44 bits per heavy atom. The SMILES string of the molecule is CC1(C)c2cc(-c3cccc(N(c4ccccc4)c4ccc(-c5ccccc5)cc4)c3)ccc2N(c2ccccc2)c2cc3c4ccccc4c4ccccc4c3cc21. The van der Waals surface area contributed by atoms with Gasteiger partial charge < -0.3 is 9.80 Å². The van der Waals surface area contributed by atoms with Gasteiger partial charge in [0.2, 0.25) is 0 Å². The second kappa shape index (κ2) is 13.9. The highest BCUT2D eigenvalue weighted by molar-refractivity contribution is 6.26. The zero-order chi connectivity index (χ0) is 39.5. The van der Waals surface area contributed by atoms with Gasteiger partial charge in [-0.2, -0.15) is 0 Å². The van der Waals surface area contributed by atoms with Crippen molar-refractivity contribution in [3.63, 3.8) is 0 Å². The summed E-state index contributed by atoms with van der Waals surface area (Å²) >= 11 is 0. The van der Waals surface area contributed by atoms with E-state index >= 15 is 0 Å². The molecule has 0 unspecified atom stereocenters. The molecule has 0 N–H and O–H groups in total. The lowest BCUT2D eigenvalue weighted by molar-refractivity contribution is 0.633. The molecule has 10 aromatic rings. The predicted octanol–water partition coefficient (Wildman–Crippen LogP) is 16.1. The minimum atomic E-state index is -0.291. The normalized spacial score (nSPS) is 13.0. The Morgan fingerprint density at radius 1 is 0.322 bits per heavy atom. The van der Waals surface area contributed by atoms with Crippen molar-refractivity contribution in [2.45, 2.75) is 19.3 Å². The molecule has 0 amide bonds. The number of para-hydroxylation sites is 2. The zero-order valence-corrected chi connectivity index (χ0v) is 33.2. The summed E-state index contributed by atoms with van der Waals surface area (Å²) in [6.45, 7) is 4.80. The first-order valence-corrected chi connectivity index (χ1v) is 20.5. The summed E-state index contributed by atoms with van der Waals surface area (Å²) in [6.07, 6.45) is 0. The third-order valence-electron chi connectivity index (χ3n) is 12.4. The number of hydrogen-bond acceptors (Lipinski definition) is 2. The van der Waals surface area contributed by atoms with Crippen molar-refractivity contribution in [2.75, 3.05) is 9.80 Å². The fraction of sp³-hybridized carbons (Fsp3) is 0.0526. The molecule has 2 nitrogen and oxygen atoms in total. The standard InChI is InChI=1S/C57H42N2/c1-57(2)53-36-42(41-19-16-24-46(35-41)58(43-20-8-4-9-21-43)45-32-29-40(30-33-45)39-17-6-3-7-18-39)31-34-55(53)59(44-22-10-5-11-23-44)56-38-52-50-28-15-13-26-48(50)47-25-12-14-27-49(47)51(52)37-54(56)57/h3-38H,1-2H3. The van der Waals surface area contributed by atoms with Gasteiger partial charge in [0.05, 0.1) is 11.4 Å². The monoisotopic (exact) mass is 754 g/mol. The maximum atomic E-state index is 2.49. The van der Waals surface area contributed by atoms with Gasteiger partial charge in [-0.1, -0.05) is 159 Å². The molecule has 10 aromatic carbocycles. The fourth-order valence-electron chi connectivity index (χ4n) is 9.45. The van der Waals surface area contributed by atoms with E-state index in [-0.39, 0.29) is 5.41 Å². The third kappa shape index (κ3) is 5.79. The van der Waals surface area contributed by atoms with Gasteiger partial charge in [-0.05, 0) is 138 Å². The molecule has 59 heavy (non-hydrogen) atoms. The molecule has 0 aromatic heterocycles. The summed E-state index contributed by atoms with van der Waals surface area (Å²) in [5.41, 5.74) is 14.1. The molecule has 0 saturated heterocycles. The van der Waals surface area contributed by atoms with Gasteiger partial charge >= 0.3 is 0 Å². The summed E-state index contributed by atoms with van der Waals surface area (Å²) < 4.78 is 0. The minimum absolute atomic E-state index is 0.291. The van der Waals surface area contributed by atoms with E-state index in [1.165, 1.54) is 77.1 Å². The number of hydrogen-bond donors (Lipinski definition) is 0. The van der Waals surface area contributed by atoms with E-state index in [4.69, 9.17) is 0 Å². The van der Waals surface area contributed by atoms with Crippen LogP contribution < -0.4 is 9.80 Å². The zero-order valence-electron chi connectivity index (χ0n) is 33.2. The summed E-state index contributed by atoms with van der Waals surface area (Å²) in [5.74, 6) is 0. The smallest absolute Gasteiger partial charge is 0.0509 e. The van der Waals surface area contributed by atoms with Crippen molar-refractivity contribution < 1.29 is 0 Å². The molecular formula is C57H42N2. The molecule has 1 aliphatic heterocycles. The van der Waals surface area contributed by atoms with Gasteiger partial charge in [0.25, 0.3) is 0 Å². The lowest BCUT2D eigenvalue weighted by Gasteiger charge is -2.42. The van der Waals surface area contributed by atoms with Crippen molar-refractivity contribution in [2.24, 2.45) is 0 Å². The molecule has 0 bridgehead atoms. The average molecular weight is 755 g/mol. The molecule has 0 fully saturated rings. The Balaban J connectivity index is 1.07. The van der Waals surface area contributed by atoms with E-state index in [1.807, 2.05) is 0 Å². The first kappa shape index (κ1) is 34.8. The highest BCUT2D eigenvalue weighted by Gasteiger charge is 2.38. The van der Waals surface area contributed by atoms with Crippen LogP contribution in [0.2, 0.25) is 0 Å². The van der Waals surface area contributed by atoms with Crippen molar-refractivity contribution in [1.29, 1.82) is 0 Å². The molecule has 11 rings (SSSR count). The second-order valence-corrected chi connectivity index (χ2v) is 16.2. The van der Waals surface area contributed by atoms with Gasteiger partial charge in [0, 0.05) is 28.2 Å². The van der Waals surface area contributed by atoms with Crippen molar-refractivity contribution in [3.8, 4) is 22.3 Å². The molecule has 0 radical (unpaired) electrons. The van der Waals surface area contributed by atoms with Gasteiger partial charge in [0.15, 0.2) is 0 Å². The third-order valence-corrected chi connectivity index (χ3v) is 12.4. The number of anilines is 6. The van der Waals surface area contributed by atoms with Crippen LogP contribution in [0.4, 0.5) is 34.1 Å². The van der Waals surface area contributed by atoms with Crippen LogP contribution in [-0.2, 0) is 5.41 Å². The van der Waals surface area contributed by atoms with Crippen molar-refractivity contribution >= 4 is 66.4 Å². The van der Waals surface area contributed by atoms with Gasteiger partial charge in [-0.25, -0.2) is 0 Å². The van der Waals surface area contributed by atoms with Crippen LogP contribution >= 0.6 is 0 Å². The maximum Gasteiger partial charge on any atom is 0.0509 e. The summed E-state index contributed by atoms with van der Waals surface area (Å²) in [4.78, 5) is 4.84. The Morgan fingerprint density at radius 2 is 0.780 bits per heavy atom. The van der Waals surface area contributed by atoms with E-state index in [9.17, 15) is 0 Å². The van der Waals surface area contributed by atoms with Gasteiger partial charge in [-0.15, -0.1) is 0 Å². The number of fused-ring (bicyclic) bond motifs is 8. The molecule has 280 valence electrons. The van der Waals surface area contributed by atoms with Crippen LogP contribution in [0.3, 0.4) is 0 Å². The lowest BCUT2D eigenvalue weighted by Crippen LogP contribution is -2.30. The first-order valence-electron chi connectivity index (χ1n) is 20.5. The van der Waals surface area contributed by atoms with E-state index in [1.54, 1.807) is 0 Å². The molecule has 0 aliphatic carbocycles. The van der Waals surface area contributed by atoms with E-state index < -0.39 is 0 Å². The molecule has 0 atom stereocenters. The maximum absolute atomic E-state index is 2.49. The van der Waals surface area contributed by atoms with E-state index in [2.05, 4.69) is 242 Å². The van der Waals surface area contributed by atoms with Crippen LogP contribution in [0.5, 0.6) is 0 Å². The number of rotatable bonds is 6. The highest BCUT2D eigenvalue weighted by atomic mass is 15.2.